The highest BCUT2D eigenvalue weighted by molar-refractivity contribution is 5.91. The van der Waals surface area contributed by atoms with Gasteiger partial charge in [0.2, 0.25) is 5.91 Å². The third-order valence-electron chi connectivity index (χ3n) is 4.48. The van der Waals surface area contributed by atoms with Gasteiger partial charge in [0, 0.05) is 24.9 Å². The first-order valence-electron chi connectivity index (χ1n) is 8.23. The van der Waals surface area contributed by atoms with Gasteiger partial charge in [-0.05, 0) is 49.3 Å². The summed E-state index contributed by atoms with van der Waals surface area (Å²) in [6.07, 6.45) is 8.67. The number of amides is 1. The number of H-pyrrole nitrogens is 1. The lowest BCUT2D eigenvalue weighted by Crippen LogP contribution is -2.39. The normalized spacial score (nSPS) is 18.5. The Hall–Kier alpha value is -2.36. The number of aromatic amines is 1. The average Bonchev–Trinajstić information content (AvgIpc) is 2.99. The van der Waals surface area contributed by atoms with E-state index in [1.807, 2.05) is 47.5 Å². The summed E-state index contributed by atoms with van der Waals surface area (Å²) in [7, 11) is 0. The molecule has 1 fully saturated rings. The van der Waals surface area contributed by atoms with E-state index in [1.165, 1.54) is 17.7 Å². The predicted molar refractivity (Wildman–Crippen MR) is 91.8 cm³/mol. The largest absolute Gasteiger partial charge is 0.339 e. The fourth-order valence-corrected chi connectivity index (χ4v) is 3.14. The Bertz CT molecular complexity index is 675. The van der Waals surface area contributed by atoms with Crippen molar-refractivity contribution in [3.63, 3.8) is 0 Å². The second-order valence-electron chi connectivity index (χ2n) is 6.27. The van der Waals surface area contributed by atoms with Gasteiger partial charge in [-0.15, -0.1) is 0 Å². The van der Waals surface area contributed by atoms with Gasteiger partial charge in [0.05, 0.1) is 6.20 Å². The number of likely N-dealkylation sites (tertiary alicyclic amines) is 1. The summed E-state index contributed by atoms with van der Waals surface area (Å²) in [6, 6.07) is 9.95. The number of hydrogen-bond donors (Lipinski definition) is 1. The molecule has 0 unspecified atom stereocenters. The average molecular weight is 309 g/mol. The highest BCUT2D eigenvalue weighted by Gasteiger charge is 2.23. The molecule has 0 saturated carbocycles. The highest BCUT2D eigenvalue weighted by atomic mass is 16.2. The van der Waals surface area contributed by atoms with Crippen LogP contribution >= 0.6 is 0 Å². The molecule has 2 heterocycles. The van der Waals surface area contributed by atoms with Gasteiger partial charge in [0.25, 0.3) is 0 Å². The number of hydrogen-bond acceptors (Lipinski definition) is 2. The van der Waals surface area contributed by atoms with E-state index < -0.39 is 0 Å². The molecule has 4 nitrogen and oxygen atoms in total. The maximum Gasteiger partial charge on any atom is 0.246 e. The third kappa shape index (κ3) is 4.09. The summed E-state index contributed by atoms with van der Waals surface area (Å²) in [4.78, 5) is 14.4. The van der Waals surface area contributed by atoms with Crippen LogP contribution in [0.2, 0.25) is 0 Å². The number of carbonyl (C=O) groups excluding carboxylic acids is 1. The molecular formula is C19H23N3O. The van der Waals surface area contributed by atoms with Crippen LogP contribution in [0.3, 0.4) is 0 Å². The lowest BCUT2D eigenvalue weighted by molar-refractivity contribution is -0.127. The highest BCUT2D eigenvalue weighted by Crippen LogP contribution is 2.21. The van der Waals surface area contributed by atoms with Crippen molar-refractivity contribution in [3.05, 3.63) is 59.4 Å². The molecule has 3 rings (SSSR count). The smallest absolute Gasteiger partial charge is 0.246 e. The fourth-order valence-electron chi connectivity index (χ4n) is 3.14. The van der Waals surface area contributed by atoms with Crippen LogP contribution in [-0.4, -0.2) is 34.1 Å². The van der Waals surface area contributed by atoms with Gasteiger partial charge in [-0.2, -0.15) is 5.10 Å². The van der Waals surface area contributed by atoms with E-state index >= 15 is 0 Å². The van der Waals surface area contributed by atoms with Crippen LogP contribution in [0.4, 0.5) is 0 Å². The minimum absolute atomic E-state index is 0.111. The second kappa shape index (κ2) is 7.27. The molecule has 120 valence electrons. The summed E-state index contributed by atoms with van der Waals surface area (Å²) in [5.41, 5.74) is 3.46. The van der Waals surface area contributed by atoms with Gasteiger partial charge in [0.15, 0.2) is 0 Å². The van der Waals surface area contributed by atoms with Gasteiger partial charge in [-0.1, -0.05) is 30.3 Å². The first-order valence-corrected chi connectivity index (χ1v) is 8.23. The molecule has 2 aromatic rings. The minimum atomic E-state index is 0.111. The number of nitrogens with zero attached hydrogens (tertiary/aromatic N) is 2. The van der Waals surface area contributed by atoms with Gasteiger partial charge < -0.3 is 4.90 Å². The molecule has 1 N–H and O–H groups in total. The maximum atomic E-state index is 12.4. The van der Waals surface area contributed by atoms with E-state index in [4.69, 9.17) is 0 Å². The van der Waals surface area contributed by atoms with Crippen LogP contribution in [0, 0.1) is 12.8 Å². The summed E-state index contributed by atoms with van der Waals surface area (Å²) < 4.78 is 0. The van der Waals surface area contributed by atoms with Crippen molar-refractivity contribution in [2.45, 2.75) is 26.2 Å². The summed E-state index contributed by atoms with van der Waals surface area (Å²) in [5, 5.41) is 7.16. The van der Waals surface area contributed by atoms with Crippen molar-refractivity contribution in [2.24, 2.45) is 5.92 Å². The zero-order valence-corrected chi connectivity index (χ0v) is 13.5. The summed E-state index contributed by atoms with van der Waals surface area (Å²) in [6.45, 7) is 3.76. The lowest BCUT2D eigenvalue weighted by Gasteiger charge is -2.32. The van der Waals surface area contributed by atoms with E-state index in [2.05, 4.69) is 17.1 Å². The second-order valence-corrected chi connectivity index (χ2v) is 6.27. The van der Waals surface area contributed by atoms with Gasteiger partial charge >= 0.3 is 0 Å². The van der Waals surface area contributed by atoms with E-state index in [9.17, 15) is 4.79 Å². The van der Waals surface area contributed by atoms with Crippen molar-refractivity contribution in [3.8, 4) is 0 Å². The molecular weight excluding hydrogens is 286 g/mol. The Morgan fingerprint density at radius 1 is 1.39 bits per heavy atom. The summed E-state index contributed by atoms with van der Waals surface area (Å²) >= 11 is 0. The van der Waals surface area contributed by atoms with Gasteiger partial charge in [-0.3, -0.25) is 9.89 Å². The Labute approximate surface area is 137 Å². The van der Waals surface area contributed by atoms with Crippen LogP contribution in [0.25, 0.3) is 6.08 Å². The molecule has 0 spiro atoms. The van der Waals surface area contributed by atoms with Crippen LogP contribution in [0.15, 0.2) is 42.6 Å². The molecule has 23 heavy (non-hydrogen) atoms. The number of benzene rings is 1. The molecule has 1 aromatic carbocycles. The van der Waals surface area contributed by atoms with E-state index in [0.29, 0.717) is 5.92 Å². The molecule has 4 heteroatoms. The number of aryl methyl sites for hydroxylation is 1. The molecule has 1 saturated heterocycles. The first kappa shape index (κ1) is 15.5. The van der Waals surface area contributed by atoms with Crippen molar-refractivity contribution >= 4 is 12.0 Å². The molecule has 0 bridgehead atoms. The SMILES string of the molecule is Cc1cn[nH]c1C[C@H]1CCCN(C(=O)/C=C/c2ccccc2)C1. The third-order valence-corrected chi connectivity index (χ3v) is 4.48. The maximum absolute atomic E-state index is 12.4. The van der Waals surface area contributed by atoms with Crippen LogP contribution in [-0.2, 0) is 11.2 Å². The molecule has 0 radical (unpaired) electrons. The van der Waals surface area contributed by atoms with Crippen LogP contribution in [0.1, 0.15) is 29.7 Å². The summed E-state index contributed by atoms with van der Waals surface area (Å²) in [5.74, 6) is 0.622. The fraction of sp³-hybridized carbons (Fsp3) is 0.368. The van der Waals surface area contributed by atoms with Crippen molar-refractivity contribution in [2.75, 3.05) is 13.1 Å². The number of piperidine rings is 1. The Morgan fingerprint density at radius 3 is 2.96 bits per heavy atom. The van der Waals surface area contributed by atoms with Gasteiger partial charge in [0.1, 0.15) is 0 Å². The van der Waals surface area contributed by atoms with Crippen molar-refractivity contribution in [1.82, 2.24) is 15.1 Å². The Balaban J connectivity index is 1.58. The number of carbonyl (C=O) groups is 1. The molecule has 1 aliphatic rings. The monoisotopic (exact) mass is 309 g/mol. The quantitative estimate of drug-likeness (QED) is 0.882. The molecule has 1 atom stereocenters. The lowest BCUT2D eigenvalue weighted by atomic mass is 9.92. The topological polar surface area (TPSA) is 49.0 Å². The van der Waals surface area contributed by atoms with Crippen molar-refractivity contribution in [1.29, 1.82) is 0 Å². The molecule has 0 aliphatic carbocycles. The molecule has 1 aliphatic heterocycles. The standard InChI is InChI=1S/C19H23N3O/c1-15-13-20-21-18(15)12-17-8-5-11-22(14-17)19(23)10-9-16-6-3-2-4-7-16/h2-4,6-7,9-10,13,17H,5,8,11-12,14H2,1H3,(H,20,21)/b10-9+/t17-/m1/s1. The zero-order chi connectivity index (χ0) is 16.1. The number of aromatic nitrogens is 2. The molecule has 1 amide bonds. The first-order chi connectivity index (χ1) is 11.2. The molecule has 1 aromatic heterocycles. The Morgan fingerprint density at radius 2 is 2.22 bits per heavy atom. The minimum Gasteiger partial charge on any atom is -0.339 e. The van der Waals surface area contributed by atoms with Crippen LogP contribution in [0.5, 0.6) is 0 Å². The van der Waals surface area contributed by atoms with E-state index in [0.717, 1.165) is 31.5 Å². The van der Waals surface area contributed by atoms with Crippen LogP contribution < -0.4 is 0 Å². The number of rotatable bonds is 4. The Kier molecular flexibility index (Phi) is 4.91. The van der Waals surface area contributed by atoms with E-state index in [-0.39, 0.29) is 5.91 Å². The zero-order valence-electron chi connectivity index (χ0n) is 13.5. The van der Waals surface area contributed by atoms with Crippen molar-refractivity contribution < 1.29 is 4.79 Å². The number of nitrogens with one attached hydrogen (secondary N) is 1. The van der Waals surface area contributed by atoms with Gasteiger partial charge in [-0.25, -0.2) is 0 Å². The predicted octanol–water partition coefficient (Wildman–Crippen LogP) is 3.21. The van der Waals surface area contributed by atoms with E-state index in [1.54, 1.807) is 6.08 Å².